The minimum Gasteiger partial charge on any atom is -0.493 e. The Morgan fingerprint density at radius 1 is 1.14 bits per heavy atom. The summed E-state index contributed by atoms with van der Waals surface area (Å²) in [7, 11) is 5.30. The van der Waals surface area contributed by atoms with Crippen molar-refractivity contribution < 1.29 is 14.2 Å². The molecule has 0 fully saturated rings. The quantitative estimate of drug-likeness (QED) is 0.756. The second kappa shape index (κ2) is 8.87. The van der Waals surface area contributed by atoms with Gasteiger partial charge in [-0.3, -0.25) is 0 Å². The molecule has 1 atom stereocenters. The molecule has 5 nitrogen and oxygen atoms in total. The molecule has 0 saturated heterocycles. The first-order valence-electron chi connectivity index (χ1n) is 7.25. The Kier molecular flexibility index (Phi) is 7.50. The van der Waals surface area contributed by atoms with Crippen LogP contribution < -0.4 is 15.2 Å². The Morgan fingerprint density at radius 2 is 1.81 bits per heavy atom. The molecule has 120 valence electrons. The largest absolute Gasteiger partial charge is 0.493 e. The van der Waals surface area contributed by atoms with Crippen LogP contribution in [0.25, 0.3) is 0 Å². The van der Waals surface area contributed by atoms with Crippen LogP contribution in [0.4, 0.5) is 0 Å². The number of nitrogens with two attached hydrogens (primary N) is 1. The Bertz CT molecular complexity index is 424. The minimum absolute atomic E-state index is 0.0751. The molecule has 2 N–H and O–H groups in total. The molecule has 0 saturated carbocycles. The lowest BCUT2D eigenvalue weighted by Crippen LogP contribution is -2.32. The van der Waals surface area contributed by atoms with Crippen LogP contribution in [-0.2, 0) is 4.74 Å². The van der Waals surface area contributed by atoms with Crippen molar-refractivity contribution in [2.75, 3.05) is 41.0 Å². The molecule has 1 unspecified atom stereocenters. The van der Waals surface area contributed by atoms with Gasteiger partial charge in [-0.05, 0) is 38.6 Å². The molecule has 1 aromatic rings. The second-order valence-electron chi connectivity index (χ2n) is 5.40. The average molecular weight is 296 g/mol. The summed E-state index contributed by atoms with van der Waals surface area (Å²) in [5, 5.41) is 0. The van der Waals surface area contributed by atoms with E-state index in [2.05, 4.69) is 4.90 Å². The molecule has 0 heterocycles. The van der Waals surface area contributed by atoms with Gasteiger partial charge >= 0.3 is 0 Å². The highest BCUT2D eigenvalue weighted by Crippen LogP contribution is 2.29. The van der Waals surface area contributed by atoms with Crippen LogP contribution in [0.2, 0.25) is 0 Å². The predicted molar refractivity (Wildman–Crippen MR) is 85.1 cm³/mol. The summed E-state index contributed by atoms with van der Waals surface area (Å²) < 4.78 is 16.1. The van der Waals surface area contributed by atoms with Crippen LogP contribution in [0, 0.1) is 0 Å². The Labute approximate surface area is 128 Å². The monoisotopic (exact) mass is 296 g/mol. The molecule has 21 heavy (non-hydrogen) atoms. The van der Waals surface area contributed by atoms with Crippen molar-refractivity contribution in [1.29, 1.82) is 0 Å². The maximum Gasteiger partial charge on any atom is 0.161 e. The van der Waals surface area contributed by atoms with Gasteiger partial charge in [0.2, 0.25) is 0 Å². The van der Waals surface area contributed by atoms with Crippen molar-refractivity contribution in [2.45, 2.75) is 26.0 Å². The molecule has 1 aromatic carbocycles. The summed E-state index contributed by atoms with van der Waals surface area (Å²) >= 11 is 0. The Balaban J connectivity index is 2.56. The fraction of sp³-hybridized carbons (Fsp3) is 0.625. The standard InChI is InChI=1S/C16H28N2O3/c1-12(2)21-9-8-18(3)11-14(17)13-6-7-15(19-4)16(10-13)20-5/h6-7,10,12,14H,8-9,11,17H2,1-5H3. The second-order valence-corrected chi connectivity index (χ2v) is 5.40. The lowest BCUT2D eigenvalue weighted by Gasteiger charge is -2.22. The van der Waals surface area contributed by atoms with Crippen molar-refractivity contribution in [3.05, 3.63) is 23.8 Å². The smallest absolute Gasteiger partial charge is 0.161 e. The SMILES string of the molecule is COc1ccc(C(N)CN(C)CCOC(C)C)cc1OC. The van der Waals surface area contributed by atoms with Crippen molar-refractivity contribution >= 4 is 0 Å². The number of benzene rings is 1. The van der Waals surface area contributed by atoms with E-state index in [1.165, 1.54) is 0 Å². The Morgan fingerprint density at radius 3 is 2.38 bits per heavy atom. The fourth-order valence-corrected chi connectivity index (χ4v) is 2.06. The topological polar surface area (TPSA) is 57.0 Å². The molecule has 0 spiro atoms. The van der Waals surface area contributed by atoms with Gasteiger partial charge in [-0.15, -0.1) is 0 Å². The zero-order chi connectivity index (χ0) is 15.8. The molecule has 1 rings (SSSR count). The molecule has 0 aliphatic rings. The summed E-state index contributed by atoms with van der Waals surface area (Å²) in [6, 6.07) is 5.72. The fourth-order valence-electron chi connectivity index (χ4n) is 2.06. The molecular formula is C16H28N2O3. The van der Waals surface area contributed by atoms with Crippen LogP contribution in [0.3, 0.4) is 0 Å². The average Bonchev–Trinajstić information content (AvgIpc) is 2.45. The highest BCUT2D eigenvalue weighted by Gasteiger charge is 2.12. The molecule has 5 heteroatoms. The number of ether oxygens (including phenoxy) is 3. The molecule has 0 aliphatic heterocycles. The van der Waals surface area contributed by atoms with Crippen molar-refractivity contribution in [1.82, 2.24) is 4.90 Å². The normalized spacial score (nSPS) is 12.8. The van der Waals surface area contributed by atoms with E-state index in [4.69, 9.17) is 19.9 Å². The van der Waals surface area contributed by atoms with E-state index >= 15 is 0 Å². The van der Waals surface area contributed by atoms with Gasteiger partial charge in [-0.1, -0.05) is 6.07 Å². The summed E-state index contributed by atoms with van der Waals surface area (Å²) in [5.41, 5.74) is 7.30. The predicted octanol–water partition coefficient (Wildman–Crippen LogP) is 2.06. The molecule has 0 amide bonds. The summed E-state index contributed by atoms with van der Waals surface area (Å²) in [6.45, 7) is 6.41. The van der Waals surface area contributed by atoms with E-state index in [0.717, 1.165) is 18.7 Å². The van der Waals surface area contributed by atoms with Crippen LogP contribution >= 0.6 is 0 Å². The van der Waals surface area contributed by atoms with Gasteiger partial charge in [-0.25, -0.2) is 0 Å². The molecule has 0 radical (unpaired) electrons. The minimum atomic E-state index is -0.0751. The van der Waals surface area contributed by atoms with Gasteiger partial charge in [0.25, 0.3) is 0 Å². The van der Waals surface area contributed by atoms with Crippen molar-refractivity contribution in [3.8, 4) is 11.5 Å². The van der Waals surface area contributed by atoms with Gasteiger partial charge in [0.15, 0.2) is 11.5 Å². The van der Waals surface area contributed by atoms with E-state index < -0.39 is 0 Å². The molecule has 0 aromatic heterocycles. The van der Waals surface area contributed by atoms with E-state index in [9.17, 15) is 0 Å². The number of nitrogens with zero attached hydrogens (tertiary/aromatic N) is 1. The van der Waals surface area contributed by atoms with Gasteiger partial charge in [-0.2, -0.15) is 0 Å². The number of methoxy groups -OCH3 is 2. The third-order valence-corrected chi connectivity index (χ3v) is 3.27. The lowest BCUT2D eigenvalue weighted by molar-refractivity contribution is 0.0629. The molecule has 0 bridgehead atoms. The first-order valence-corrected chi connectivity index (χ1v) is 7.25. The number of hydrogen-bond donors (Lipinski definition) is 1. The van der Waals surface area contributed by atoms with Gasteiger partial charge < -0.3 is 24.8 Å². The number of hydrogen-bond acceptors (Lipinski definition) is 5. The third-order valence-electron chi connectivity index (χ3n) is 3.27. The zero-order valence-electron chi connectivity index (χ0n) is 13.8. The van der Waals surface area contributed by atoms with Crippen molar-refractivity contribution in [3.63, 3.8) is 0 Å². The maximum atomic E-state index is 6.26. The van der Waals surface area contributed by atoms with E-state index in [-0.39, 0.29) is 12.1 Å². The maximum absolute atomic E-state index is 6.26. The zero-order valence-corrected chi connectivity index (χ0v) is 13.8. The third kappa shape index (κ3) is 5.91. The Hall–Kier alpha value is -1.30. The number of rotatable bonds is 9. The van der Waals surface area contributed by atoms with Crippen molar-refractivity contribution in [2.24, 2.45) is 5.73 Å². The molecule has 0 aliphatic carbocycles. The van der Waals surface area contributed by atoms with Crippen LogP contribution in [0.5, 0.6) is 11.5 Å². The summed E-state index contributed by atoms with van der Waals surface area (Å²) in [5.74, 6) is 1.42. The molecular weight excluding hydrogens is 268 g/mol. The van der Waals surface area contributed by atoms with Gasteiger partial charge in [0.05, 0.1) is 26.9 Å². The van der Waals surface area contributed by atoms with E-state index in [0.29, 0.717) is 18.1 Å². The highest BCUT2D eigenvalue weighted by molar-refractivity contribution is 5.43. The van der Waals surface area contributed by atoms with Crippen LogP contribution in [0.1, 0.15) is 25.5 Å². The highest BCUT2D eigenvalue weighted by atomic mass is 16.5. The van der Waals surface area contributed by atoms with Crippen LogP contribution in [0.15, 0.2) is 18.2 Å². The number of likely N-dealkylation sites (N-methyl/N-ethyl adjacent to an activating group) is 1. The lowest BCUT2D eigenvalue weighted by atomic mass is 10.1. The summed E-state index contributed by atoms with van der Waals surface area (Å²) in [4.78, 5) is 2.17. The first-order chi connectivity index (χ1) is 9.97. The van der Waals surface area contributed by atoms with Gasteiger partial charge in [0, 0.05) is 19.1 Å². The first kappa shape index (κ1) is 17.8. The van der Waals surface area contributed by atoms with Crippen LogP contribution in [-0.4, -0.2) is 52.0 Å². The van der Waals surface area contributed by atoms with Gasteiger partial charge in [0.1, 0.15) is 0 Å². The van der Waals surface area contributed by atoms with E-state index in [1.807, 2.05) is 39.1 Å². The summed E-state index contributed by atoms with van der Waals surface area (Å²) in [6.07, 6.45) is 0.262. The van der Waals surface area contributed by atoms with E-state index in [1.54, 1.807) is 14.2 Å².